The molecule has 0 radical (unpaired) electrons. The van der Waals surface area contributed by atoms with Crippen LogP contribution in [0.25, 0.3) is 0 Å². The van der Waals surface area contributed by atoms with E-state index in [0.717, 1.165) is 0 Å². The number of ether oxygens (including phenoxy) is 1. The average molecular weight is 197 g/mol. The van der Waals surface area contributed by atoms with Gasteiger partial charge in [-0.2, -0.15) is 0 Å². The number of carbonyl (C=O) groups is 2. The van der Waals surface area contributed by atoms with E-state index in [9.17, 15) is 9.59 Å². The molecule has 0 atom stereocenters. The predicted octanol–water partition coefficient (Wildman–Crippen LogP) is 0.421. The van der Waals surface area contributed by atoms with Gasteiger partial charge in [-0.15, -0.1) is 5.92 Å². The Balaban J connectivity index is 3.64. The highest BCUT2D eigenvalue weighted by Crippen LogP contribution is 1.90. The molecule has 0 saturated carbocycles. The second-order valence-electron chi connectivity index (χ2n) is 2.89. The van der Waals surface area contributed by atoms with Gasteiger partial charge in [0.05, 0.1) is 20.0 Å². The van der Waals surface area contributed by atoms with Crippen LogP contribution in [0.4, 0.5) is 0 Å². The van der Waals surface area contributed by atoms with Gasteiger partial charge >= 0.3 is 5.97 Å². The van der Waals surface area contributed by atoms with E-state index in [2.05, 4.69) is 16.6 Å². The summed E-state index contributed by atoms with van der Waals surface area (Å²) < 4.78 is 4.43. The van der Waals surface area contributed by atoms with Crippen LogP contribution in [-0.2, 0) is 14.3 Å². The molecule has 0 aliphatic carbocycles. The molecule has 4 heteroatoms. The van der Waals surface area contributed by atoms with Crippen LogP contribution in [-0.4, -0.2) is 38.0 Å². The van der Waals surface area contributed by atoms with Gasteiger partial charge in [0, 0.05) is 20.5 Å². The first-order chi connectivity index (χ1) is 6.57. The number of methoxy groups -OCH3 is 1. The molecule has 4 nitrogen and oxygen atoms in total. The highest BCUT2D eigenvalue weighted by atomic mass is 16.5. The van der Waals surface area contributed by atoms with Crippen molar-refractivity contribution in [2.45, 2.75) is 19.3 Å². The normalized spacial score (nSPS) is 8.50. The number of rotatable bonds is 3. The molecule has 0 fully saturated rings. The van der Waals surface area contributed by atoms with Crippen molar-refractivity contribution in [1.29, 1.82) is 0 Å². The first kappa shape index (κ1) is 12.5. The lowest BCUT2D eigenvalue weighted by molar-refractivity contribution is -0.140. The van der Waals surface area contributed by atoms with Crippen molar-refractivity contribution in [3.8, 4) is 11.8 Å². The summed E-state index contributed by atoms with van der Waals surface area (Å²) in [5, 5.41) is 0. The molecular formula is C10H15NO3. The second kappa shape index (κ2) is 6.96. The fourth-order valence-electron chi connectivity index (χ4n) is 0.651. The van der Waals surface area contributed by atoms with Gasteiger partial charge in [0.2, 0.25) is 5.91 Å². The Labute approximate surface area is 84.2 Å². The van der Waals surface area contributed by atoms with E-state index < -0.39 is 0 Å². The molecule has 0 rings (SSSR count). The molecule has 0 aliphatic rings. The zero-order chi connectivity index (χ0) is 11.0. The van der Waals surface area contributed by atoms with Gasteiger partial charge in [-0.1, -0.05) is 5.92 Å². The van der Waals surface area contributed by atoms with Gasteiger partial charge in [-0.25, -0.2) is 0 Å². The van der Waals surface area contributed by atoms with Crippen LogP contribution in [0.5, 0.6) is 0 Å². The lowest BCUT2D eigenvalue weighted by Crippen LogP contribution is -2.20. The van der Waals surface area contributed by atoms with Gasteiger partial charge in [0.15, 0.2) is 0 Å². The van der Waals surface area contributed by atoms with E-state index in [4.69, 9.17) is 0 Å². The summed E-state index contributed by atoms with van der Waals surface area (Å²) in [6.07, 6.45) is 0.918. The molecule has 14 heavy (non-hydrogen) atoms. The minimum Gasteiger partial charge on any atom is -0.469 e. The SMILES string of the molecule is COC(=O)CCC#CCC(=O)N(C)C. The van der Waals surface area contributed by atoms with Gasteiger partial charge in [0.25, 0.3) is 0 Å². The van der Waals surface area contributed by atoms with Crippen LogP contribution in [0.15, 0.2) is 0 Å². The third-order valence-corrected chi connectivity index (χ3v) is 1.55. The summed E-state index contributed by atoms with van der Waals surface area (Å²) in [4.78, 5) is 23.2. The summed E-state index contributed by atoms with van der Waals surface area (Å²) in [5.74, 6) is 5.12. The van der Waals surface area contributed by atoms with Crippen LogP contribution in [0.2, 0.25) is 0 Å². The van der Waals surface area contributed by atoms with Crippen LogP contribution >= 0.6 is 0 Å². The van der Waals surface area contributed by atoms with Crippen molar-refractivity contribution in [3.05, 3.63) is 0 Å². The Morgan fingerprint density at radius 2 is 1.93 bits per heavy atom. The molecule has 0 heterocycles. The maximum Gasteiger partial charge on any atom is 0.306 e. The smallest absolute Gasteiger partial charge is 0.306 e. The zero-order valence-corrected chi connectivity index (χ0v) is 8.79. The van der Waals surface area contributed by atoms with E-state index in [0.29, 0.717) is 6.42 Å². The largest absolute Gasteiger partial charge is 0.469 e. The molecule has 0 bridgehead atoms. The molecule has 0 unspecified atom stereocenters. The summed E-state index contributed by atoms with van der Waals surface area (Å²) in [5.41, 5.74) is 0. The second-order valence-corrected chi connectivity index (χ2v) is 2.89. The van der Waals surface area contributed by atoms with Crippen molar-refractivity contribution < 1.29 is 14.3 Å². The van der Waals surface area contributed by atoms with Gasteiger partial charge < -0.3 is 9.64 Å². The van der Waals surface area contributed by atoms with Gasteiger partial charge in [-0.3, -0.25) is 9.59 Å². The standard InChI is InChI=1S/C10H15NO3/c1-11(2)9(12)7-5-4-6-8-10(13)14-3/h6-8H2,1-3H3. The minimum atomic E-state index is -0.279. The molecular weight excluding hydrogens is 182 g/mol. The Morgan fingerprint density at radius 3 is 2.43 bits per heavy atom. The third-order valence-electron chi connectivity index (χ3n) is 1.55. The van der Waals surface area contributed by atoms with Crippen LogP contribution < -0.4 is 0 Å². The first-order valence-corrected chi connectivity index (χ1v) is 4.30. The molecule has 0 aromatic carbocycles. The molecule has 0 spiro atoms. The summed E-state index contributed by atoms with van der Waals surface area (Å²) in [7, 11) is 4.70. The van der Waals surface area contributed by atoms with Crippen molar-refractivity contribution in [2.24, 2.45) is 0 Å². The lowest BCUT2D eigenvalue weighted by Gasteiger charge is -2.05. The summed E-state index contributed by atoms with van der Waals surface area (Å²) in [6, 6.07) is 0. The molecule has 0 aliphatic heterocycles. The highest BCUT2D eigenvalue weighted by Gasteiger charge is 1.99. The van der Waals surface area contributed by atoms with Gasteiger partial charge in [0.1, 0.15) is 0 Å². The van der Waals surface area contributed by atoms with Gasteiger partial charge in [-0.05, 0) is 0 Å². The molecule has 0 aromatic rings. The summed E-state index contributed by atoms with van der Waals surface area (Å²) >= 11 is 0. The average Bonchev–Trinajstić information content (AvgIpc) is 2.16. The minimum absolute atomic E-state index is 0.0319. The Kier molecular flexibility index (Phi) is 6.21. The van der Waals surface area contributed by atoms with E-state index in [-0.39, 0.29) is 24.7 Å². The van der Waals surface area contributed by atoms with Crippen LogP contribution in [0, 0.1) is 11.8 Å². The number of esters is 1. The van der Waals surface area contributed by atoms with E-state index in [1.54, 1.807) is 14.1 Å². The highest BCUT2D eigenvalue weighted by molar-refractivity contribution is 5.78. The number of hydrogen-bond donors (Lipinski definition) is 0. The van der Waals surface area contributed by atoms with E-state index in [1.807, 2.05) is 0 Å². The molecule has 0 aromatic heterocycles. The van der Waals surface area contributed by atoms with Crippen LogP contribution in [0.3, 0.4) is 0 Å². The van der Waals surface area contributed by atoms with Crippen molar-refractivity contribution in [2.75, 3.05) is 21.2 Å². The van der Waals surface area contributed by atoms with E-state index in [1.165, 1.54) is 12.0 Å². The predicted molar refractivity (Wildman–Crippen MR) is 52.3 cm³/mol. The molecule has 0 N–H and O–H groups in total. The fourth-order valence-corrected chi connectivity index (χ4v) is 0.651. The van der Waals surface area contributed by atoms with E-state index >= 15 is 0 Å². The Morgan fingerprint density at radius 1 is 1.29 bits per heavy atom. The topological polar surface area (TPSA) is 46.6 Å². The number of nitrogens with zero attached hydrogens (tertiary/aromatic N) is 1. The van der Waals surface area contributed by atoms with Crippen LogP contribution in [0.1, 0.15) is 19.3 Å². The maximum atomic E-state index is 11.0. The number of carbonyl (C=O) groups excluding carboxylic acids is 2. The van der Waals surface area contributed by atoms with Crippen molar-refractivity contribution >= 4 is 11.9 Å². The molecule has 0 saturated heterocycles. The number of hydrogen-bond acceptors (Lipinski definition) is 3. The number of amides is 1. The monoisotopic (exact) mass is 197 g/mol. The van der Waals surface area contributed by atoms with Crippen molar-refractivity contribution in [1.82, 2.24) is 4.90 Å². The van der Waals surface area contributed by atoms with Crippen molar-refractivity contribution in [3.63, 3.8) is 0 Å². The third kappa shape index (κ3) is 6.06. The summed E-state index contributed by atoms with van der Waals surface area (Å²) in [6.45, 7) is 0. The molecule has 1 amide bonds. The fraction of sp³-hybridized carbons (Fsp3) is 0.600. The molecule has 78 valence electrons. The Hall–Kier alpha value is -1.50. The lowest BCUT2D eigenvalue weighted by atomic mass is 10.3. The quantitative estimate of drug-likeness (QED) is 0.486. The zero-order valence-electron chi connectivity index (χ0n) is 8.79. The Bertz CT molecular complexity index is 260. The maximum absolute atomic E-state index is 11.0. The first-order valence-electron chi connectivity index (χ1n) is 4.30.